The van der Waals surface area contributed by atoms with Crippen molar-refractivity contribution < 1.29 is 27.4 Å². The smallest absolute Gasteiger partial charge is 0.264 e. The lowest BCUT2D eigenvalue weighted by molar-refractivity contribution is -0.397. The van der Waals surface area contributed by atoms with Crippen LogP contribution >= 0.6 is 0 Å². The van der Waals surface area contributed by atoms with Crippen molar-refractivity contribution in [2.24, 2.45) is 0 Å². The second-order valence-electron chi connectivity index (χ2n) is 7.71. The van der Waals surface area contributed by atoms with Gasteiger partial charge in [-0.1, -0.05) is 18.2 Å². The van der Waals surface area contributed by atoms with Crippen molar-refractivity contribution in [2.45, 2.75) is 43.3 Å². The van der Waals surface area contributed by atoms with Crippen LogP contribution in [0.1, 0.15) is 32.8 Å². The molecular weight excluding hydrogens is 399 g/mol. The molecule has 0 radical (unpaired) electrons. The number of para-hydroxylation sites is 1. The van der Waals surface area contributed by atoms with E-state index in [0.717, 1.165) is 12.1 Å². The Hall–Kier alpha value is -2.33. The van der Waals surface area contributed by atoms with Crippen molar-refractivity contribution in [1.82, 2.24) is 4.72 Å². The number of hydrogen-bond donors (Lipinski definition) is 2. The van der Waals surface area contributed by atoms with Gasteiger partial charge in [-0.3, -0.25) is 4.79 Å². The maximum Gasteiger partial charge on any atom is 0.264 e. The molecule has 2 aromatic carbocycles. The maximum atomic E-state index is 13.1. The highest BCUT2D eigenvalue weighted by atomic mass is 32.2. The molecular formula is C20H23FN2O5S. The molecule has 1 heterocycles. The molecule has 1 unspecified atom stereocenters. The fourth-order valence-electron chi connectivity index (χ4n) is 2.92. The quantitative estimate of drug-likeness (QED) is 0.528. The number of hydrogen-bond acceptors (Lipinski definition) is 5. The van der Waals surface area contributed by atoms with Crippen molar-refractivity contribution in [3.8, 4) is 0 Å². The molecule has 9 heteroatoms. The number of rotatable bonds is 7. The summed E-state index contributed by atoms with van der Waals surface area (Å²) >= 11 is 0. The Kier molecular flexibility index (Phi) is 5.77. The molecule has 1 atom stereocenters. The summed E-state index contributed by atoms with van der Waals surface area (Å²) in [7, 11) is -3.88. The molecule has 0 spiro atoms. The lowest BCUT2D eigenvalue weighted by atomic mass is 9.92. The number of nitrogens with one attached hydrogen (secondary N) is 2. The summed E-state index contributed by atoms with van der Waals surface area (Å²) in [6, 6.07) is 11.5. The van der Waals surface area contributed by atoms with Gasteiger partial charge in [-0.15, -0.1) is 0 Å². The summed E-state index contributed by atoms with van der Waals surface area (Å²) in [5.74, 6) is -0.973. The molecule has 1 aliphatic rings. The van der Waals surface area contributed by atoms with Crippen LogP contribution in [0, 0.1) is 5.82 Å². The normalized spacial score (nSPS) is 19.1. The number of anilines is 1. The molecule has 0 saturated heterocycles. The third kappa shape index (κ3) is 4.64. The lowest BCUT2D eigenvalue weighted by Crippen LogP contribution is -2.42. The molecule has 0 bridgehead atoms. The Balaban J connectivity index is 1.82. The van der Waals surface area contributed by atoms with E-state index in [9.17, 15) is 17.6 Å². The van der Waals surface area contributed by atoms with Gasteiger partial charge in [0, 0.05) is 24.2 Å². The lowest BCUT2D eigenvalue weighted by Gasteiger charge is -2.30. The largest absolute Gasteiger partial charge is 0.323 e. The van der Waals surface area contributed by atoms with Gasteiger partial charge in [0.2, 0.25) is 15.6 Å². The van der Waals surface area contributed by atoms with E-state index in [1.54, 1.807) is 45.0 Å². The number of sulfonamides is 1. The van der Waals surface area contributed by atoms with Crippen molar-refractivity contribution in [3.05, 3.63) is 59.9 Å². The summed E-state index contributed by atoms with van der Waals surface area (Å²) in [6.45, 7) is 5.22. The zero-order valence-electron chi connectivity index (χ0n) is 16.4. The van der Waals surface area contributed by atoms with Crippen LogP contribution in [0.4, 0.5) is 10.1 Å². The van der Waals surface area contributed by atoms with Gasteiger partial charge in [0.1, 0.15) is 5.82 Å². The van der Waals surface area contributed by atoms with E-state index in [0.29, 0.717) is 11.3 Å². The van der Waals surface area contributed by atoms with Gasteiger partial charge in [0.25, 0.3) is 5.91 Å². The molecule has 0 aliphatic carbocycles. The Labute approximate surface area is 169 Å². The minimum absolute atomic E-state index is 0.00759. The van der Waals surface area contributed by atoms with E-state index in [2.05, 4.69) is 10.0 Å². The van der Waals surface area contributed by atoms with Crippen molar-refractivity contribution in [2.75, 3.05) is 11.9 Å². The predicted octanol–water partition coefficient (Wildman–Crippen LogP) is 3.09. The molecule has 2 aromatic rings. The van der Waals surface area contributed by atoms with E-state index in [-0.39, 0.29) is 17.9 Å². The summed E-state index contributed by atoms with van der Waals surface area (Å²) in [4.78, 5) is 23.8. The molecule has 29 heavy (non-hydrogen) atoms. The molecule has 3 rings (SSSR count). The predicted molar refractivity (Wildman–Crippen MR) is 105 cm³/mol. The SMILES string of the molecule is CC(C)(C)OOC1(CCNS(=O)(=O)c2ccc(F)cc2)C(=O)Nc2ccccc21. The summed E-state index contributed by atoms with van der Waals surface area (Å²) < 4.78 is 40.4. The highest BCUT2D eigenvalue weighted by Gasteiger charge is 2.50. The van der Waals surface area contributed by atoms with Crippen molar-refractivity contribution >= 4 is 21.6 Å². The molecule has 156 valence electrons. The van der Waals surface area contributed by atoms with Gasteiger partial charge < -0.3 is 5.32 Å². The Bertz CT molecular complexity index is 1000. The molecule has 7 nitrogen and oxygen atoms in total. The number of carbonyl (C=O) groups excluding carboxylic acids is 1. The number of carbonyl (C=O) groups is 1. The molecule has 2 N–H and O–H groups in total. The van der Waals surface area contributed by atoms with E-state index in [1.165, 1.54) is 12.1 Å². The second kappa shape index (κ2) is 7.83. The average molecular weight is 422 g/mol. The zero-order chi connectivity index (χ0) is 21.3. The number of fused-ring (bicyclic) bond motifs is 1. The standard InChI is InChI=1S/C20H23FN2O5S/c1-19(2,3)27-28-20(16-6-4-5-7-17(16)23-18(20)24)12-13-22-29(25,26)15-10-8-14(21)9-11-15/h4-11,22H,12-13H2,1-3H3,(H,23,24). The first-order chi connectivity index (χ1) is 13.5. The topological polar surface area (TPSA) is 93.7 Å². The molecule has 0 aromatic heterocycles. The maximum absolute atomic E-state index is 13.1. The van der Waals surface area contributed by atoms with Crippen molar-refractivity contribution in [3.63, 3.8) is 0 Å². The first kappa shape index (κ1) is 21.4. The third-order valence-electron chi connectivity index (χ3n) is 4.30. The Morgan fingerprint density at radius 3 is 2.41 bits per heavy atom. The van der Waals surface area contributed by atoms with Crippen LogP contribution in [0.2, 0.25) is 0 Å². The van der Waals surface area contributed by atoms with Crippen LogP contribution in [-0.2, 0) is 30.2 Å². The fraction of sp³-hybridized carbons (Fsp3) is 0.350. The van der Waals surface area contributed by atoms with Crippen LogP contribution in [0.3, 0.4) is 0 Å². The fourth-order valence-corrected chi connectivity index (χ4v) is 3.95. The van der Waals surface area contributed by atoms with E-state index in [1.807, 2.05) is 0 Å². The summed E-state index contributed by atoms with van der Waals surface area (Å²) in [5, 5.41) is 2.75. The molecule has 0 saturated carbocycles. The van der Waals surface area contributed by atoms with Gasteiger partial charge in [-0.05, 0) is 51.1 Å². The first-order valence-corrected chi connectivity index (χ1v) is 10.5. The zero-order valence-corrected chi connectivity index (χ0v) is 17.2. The minimum Gasteiger partial charge on any atom is -0.323 e. The van der Waals surface area contributed by atoms with E-state index in [4.69, 9.17) is 9.78 Å². The third-order valence-corrected chi connectivity index (χ3v) is 5.78. The molecule has 1 aliphatic heterocycles. The number of halogens is 1. The number of benzene rings is 2. The summed E-state index contributed by atoms with van der Waals surface area (Å²) in [6.07, 6.45) is -0.00759. The monoisotopic (exact) mass is 422 g/mol. The van der Waals surface area contributed by atoms with Gasteiger partial charge in [0.15, 0.2) is 0 Å². The van der Waals surface area contributed by atoms with Crippen LogP contribution in [0.5, 0.6) is 0 Å². The van der Waals surface area contributed by atoms with Gasteiger partial charge >= 0.3 is 0 Å². The highest BCUT2D eigenvalue weighted by molar-refractivity contribution is 7.89. The summed E-state index contributed by atoms with van der Waals surface area (Å²) in [5.41, 5.74) is -1.04. The van der Waals surface area contributed by atoms with Crippen LogP contribution in [-0.4, -0.2) is 26.5 Å². The number of amides is 1. The van der Waals surface area contributed by atoms with Crippen LogP contribution < -0.4 is 10.0 Å². The highest BCUT2D eigenvalue weighted by Crippen LogP contribution is 2.42. The Morgan fingerprint density at radius 2 is 1.76 bits per heavy atom. The molecule has 0 fully saturated rings. The molecule has 1 amide bonds. The van der Waals surface area contributed by atoms with E-state index >= 15 is 0 Å². The van der Waals surface area contributed by atoms with Gasteiger partial charge in [-0.25, -0.2) is 27.3 Å². The first-order valence-electron chi connectivity index (χ1n) is 9.07. The minimum atomic E-state index is -3.88. The average Bonchev–Trinajstić information content (AvgIpc) is 2.92. The van der Waals surface area contributed by atoms with Gasteiger partial charge in [0.05, 0.1) is 10.5 Å². The van der Waals surface area contributed by atoms with Crippen LogP contribution in [0.15, 0.2) is 53.4 Å². The van der Waals surface area contributed by atoms with Crippen molar-refractivity contribution in [1.29, 1.82) is 0 Å². The van der Waals surface area contributed by atoms with E-state index < -0.39 is 32.9 Å². The second-order valence-corrected chi connectivity index (χ2v) is 9.47. The Morgan fingerprint density at radius 1 is 1.10 bits per heavy atom. The van der Waals surface area contributed by atoms with Gasteiger partial charge in [-0.2, -0.15) is 0 Å². The van der Waals surface area contributed by atoms with Crippen LogP contribution in [0.25, 0.3) is 0 Å².